The van der Waals surface area contributed by atoms with E-state index in [2.05, 4.69) is 5.32 Å². The van der Waals surface area contributed by atoms with Crippen LogP contribution in [0.5, 0.6) is 0 Å². The maximum atomic E-state index is 12.6. The summed E-state index contributed by atoms with van der Waals surface area (Å²) in [6.07, 6.45) is 2.78. The third-order valence-electron chi connectivity index (χ3n) is 5.05. The molecule has 1 fully saturated rings. The predicted octanol–water partition coefficient (Wildman–Crippen LogP) is 1.13. The second kappa shape index (κ2) is 8.72. The maximum absolute atomic E-state index is 12.6. The summed E-state index contributed by atoms with van der Waals surface area (Å²) in [5.74, 6) is -0.926. The Kier molecular flexibility index (Phi) is 6.11. The van der Waals surface area contributed by atoms with E-state index in [1.54, 1.807) is 41.4 Å². The highest BCUT2D eigenvalue weighted by Gasteiger charge is 2.26. The maximum Gasteiger partial charge on any atom is 0.253 e. The molecule has 1 aliphatic heterocycles. The molecule has 0 atom stereocenters. The van der Waals surface area contributed by atoms with Gasteiger partial charge in [0.1, 0.15) is 6.54 Å². The molecule has 0 bridgehead atoms. The second-order valence-electron chi connectivity index (χ2n) is 7.27. The number of aromatic nitrogens is 1. The standard InChI is InChI=1S/C21H24N4O4/c1-14-2-7-19(27)25(12-14)13-18(26)23-17-5-3-16(4-6-17)21(29)24-10-8-15(9-11-24)20(22)28/h2-7,12,15H,8-11,13H2,1H3,(H2,22,28)(H,23,26). The van der Waals surface area contributed by atoms with Crippen molar-refractivity contribution in [1.82, 2.24) is 9.47 Å². The van der Waals surface area contributed by atoms with Gasteiger partial charge in [-0.15, -0.1) is 0 Å². The zero-order valence-corrected chi connectivity index (χ0v) is 16.3. The van der Waals surface area contributed by atoms with Crippen molar-refractivity contribution in [2.24, 2.45) is 11.7 Å². The first-order valence-corrected chi connectivity index (χ1v) is 9.49. The lowest BCUT2D eigenvalue weighted by molar-refractivity contribution is -0.123. The van der Waals surface area contributed by atoms with Crippen LogP contribution in [0, 0.1) is 12.8 Å². The number of amides is 3. The average molecular weight is 396 g/mol. The summed E-state index contributed by atoms with van der Waals surface area (Å²) in [6.45, 7) is 2.75. The van der Waals surface area contributed by atoms with Crippen LogP contribution < -0.4 is 16.6 Å². The Bertz CT molecular complexity index is 973. The van der Waals surface area contributed by atoms with Gasteiger partial charge in [0.25, 0.3) is 11.5 Å². The van der Waals surface area contributed by atoms with Gasteiger partial charge in [0.2, 0.25) is 11.8 Å². The summed E-state index contributed by atoms with van der Waals surface area (Å²) >= 11 is 0. The van der Waals surface area contributed by atoms with Crippen molar-refractivity contribution >= 4 is 23.4 Å². The van der Waals surface area contributed by atoms with Gasteiger partial charge >= 0.3 is 0 Å². The first kappa shape index (κ1) is 20.3. The van der Waals surface area contributed by atoms with Crippen molar-refractivity contribution < 1.29 is 14.4 Å². The number of nitrogens with zero attached hydrogens (tertiary/aromatic N) is 2. The summed E-state index contributed by atoms with van der Waals surface area (Å²) in [7, 11) is 0. The van der Waals surface area contributed by atoms with Gasteiger partial charge in [0.05, 0.1) is 0 Å². The average Bonchev–Trinajstić information content (AvgIpc) is 2.71. The SMILES string of the molecule is Cc1ccc(=O)n(CC(=O)Nc2ccc(C(=O)N3CCC(C(N)=O)CC3)cc2)c1. The lowest BCUT2D eigenvalue weighted by Gasteiger charge is -2.30. The number of anilines is 1. The number of rotatable bonds is 5. The van der Waals surface area contributed by atoms with Crippen LogP contribution in [0.3, 0.4) is 0 Å². The smallest absolute Gasteiger partial charge is 0.253 e. The van der Waals surface area contributed by atoms with Crippen LogP contribution in [0.4, 0.5) is 5.69 Å². The fourth-order valence-corrected chi connectivity index (χ4v) is 3.38. The number of benzene rings is 1. The molecule has 0 spiro atoms. The van der Waals surface area contributed by atoms with Crippen LogP contribution in [0.2, 0.25) is 0 Å². The zero-order chi connectivity index (χ0) is 21.0. The van der Waals surface area contributed by atoms with Crippen LogP contribution in [0.15, 0.2) is 47.4 Å². The Morgan fingerprint density at radius 3 is 2.34 bits per heavy atom. The fraction of sp³-hybridized carbons (Fsp3) is 0.333. The van der Waals surface area contributed by atoms with Crippen LogP contribution in [-0.2, 0) is 16.1 Å². The lowest BCUT2D eigenvalue weighted by Crippen LogP contribution is -2.41. The molecular weight excluding hydrogens is 372 g/mol. The minimum Gasteiger partial charge on any atom is -0.369 e. The van der Waals surface area contributed by atoms with Crippen LogP contribution in [0.1, 0.15) is 28.8 Å². The number of nitrogens with two attached hydrogens (primary N) is 1. The van der Waals surface area contributed by atoms with E-state index >= 15 is 0 Å². The van der Waals surface area contributed by atoms with Gasteiger partial charge in [-0.3, -0.25) is 19.2 Å². The van der Waals surface area contributed by atoms with E-state index in [-0.39, 0.29) is 35.7 Å². The summed E-state index contributed by atoms with van der Waals surface area (Å²) in [5, 5.41) is 2.73. The van der Waals surface area contributed by atoms with E-state index in [9.17, 15) is 19.2 Å². The number of hydrogen-bond acceptors (Lipinski definition) is 4. The Morgan fingerprint density at radius 2 is 1.72 bits per heavy atom. The molecule has 8 heteroatoms. The monoisotopic (exact) mass is 396 g/mol. The molecule has 0 saturated carbocycles. The molecule has 0 unspecified atom stereocenters. The molecule has 1 aliphatic rings. The van der Waals surface area contributed by atoms with Gasteiger partial charge in [-0.25, -0.2) is 0 Å². The number of aryl methyl sites for hydroxylation is 1. The molecule has 3 rings (SSSR count). The van der Waals surface area contributed by atoms with E-state index in [1.165, 1.54) is 10.6 Å². The lowest BCUT2D eigenvalue weighted by atomic mass is 9.96. The van der Waals surface area contributed by atoms with Crippen molar-refractivity contribution in [3.05, 3.63) is 64.1 Å². The van der Waals surface area contributed by atoms with Crippen LogP contribution >= 0.6 is 0 Å². The van der Waals surface area contributed by atoms with E-state index in [0.717, 1.165) is 5.56 Å². The number of nitrogens with one attached hydrogen (secondary N) is 1. The topological polar surface area (TPSA) is 114 Å². The third-order valence-corrected chi connectivity index (χ3v) is 5.05. The summed E-state index contributed by atoms with van der Waals surface area (Å²) < 4.78 is 1.35. The Hall–Kier alpha value is -3.42. The number of carbonyl (C=O) groups is 3. The van der Waals surface area contributed by atoms with Crippen LogP contribution in [-0.4, -0.2) is 40.3 Å². The van der Waals surface area contributed by atoms with Crippen molar-refractivity contribution in [3.63, 3.8) is 0 Å². The van der Waals surface area contributed by atoms with Crippen molar-refractivity contribution in [3.8, 4) is 0 Å². The molecule has 8 nitrogen and oxygen atoms in total. The van der Waals surface area contributed by atoms with Gasteiger partial charge in [-0.05, 0) is 49.6 Å². The minimum atomic E-state index is -0.328. The zero-order valence-electron chi connectivity index (χ0n) is 16.3. The van der Waals surface area contributed by atoms with E-state index in [4.69, 9.17) is 5.73 Å². The molecule has 2 aromatic rings. The number of likely N-dealkylation sites (tertiary alicyclic amines) is 1. The highest BCUT2D eigenvalue weighted by Crippen LogP contribution is 2.19. The Balaban J connectivity index is 1.58. The number of pyridine rings is 1. The number of piperidine rings is 1. The number of carbonyl (C=O) groups excluding carboxylic acids is 3. The first-order chi connectivity index (χ1) is 13.8. The summed E-state index contributed by atoms with van der Waals surface area (Å²) in [4.78, 5) is 49.6. The van der Waals surface area contributed by atoms with Crippen molar-refractivity contribution in [2.75, 3.05) is 18.4 Å². The Morgan fingerprint density at radius 1 is 1.07 bits per heavy atom. The highest BCUT2D eigenvalue weighted by atomic mass is 16.2. The molecule has 0 radical (unpaired) electrons. The van der Waals surface area contributed by atoms with Crippen LogP contribution in [0.25, 0.3) is 0 Å². The molecule has 3 amide bonds. The van der Waals surface area contributed by atoms with Gasteiger partial charge in [-0.2, -0.15) is 0 Å². The summed E-state index contributed by atoms with van der Waals surface area (Å²) in [5.41, 5.74) is 7.02. The predicted molar refractivity (Wildman–Crippen MR) is 108 cm³/mol. The molecule has 2 heterocycles. The third kappa shape index (κ3) is 5.10. The van der Waals surface area contributed by atoms with E-state index in [1.807, 2.05) is 6.92 Å². The van der Waals surface area contributed by atoms with Crippen molar-refractivity contribution in [2.45, 2.75) is 26.3 Å². The molecule has 1 aromatic heterocycles. The summed E-state index contributed by atoms with van der Waals surface area (Å²) in [6, 6.07) is 9.73. The molecule has 152 valence electrons. The molecule has 1 aromatic carbocycles. The fourth-order valence-electron chi connectivity index (χ4n) is 3.38. The van der Waals surface area contributed by atoms with Crippen molar-refractivity contribution in [1.29, 1.82) is 0 Å². The van der Waals surface area contributed by atoms with Gasteiger partial charge < -0.3 is 20.5 Å². The Labute approximate surface area is 168 Å². The quantitative estimate of drug-likeness (QED) is 0.788. The molecule has 3 N–H and O–H groups in total. The molecule has 29 heavy (non-hydrogen) atoms. The molecular formula is C21H24N4O4. The van der Waals surface area contributed by atoms with E-state index in [0.29, 0.717) is 37.2 Å². The van der Waals surface area contributed by atoms with E-state index < -0.39 is 0 Å². The van der Waals surface area contributed by atoms with Gasteiger partial charge in [-0.1, -0.05) is 6.07 Å². The normalized spacial score (nSPS) is 14.4. The first-order valence-electron chi connectivity index (χ1n) is 9.49. The minimum absolute atomic E-state index is 0.0873. The van der Waals surface area contributed by atoms with Gasteiger partial charge in [0, 0.05) is 42.5 Å². The number of primary amides is 1. The van der Waals surface area contributed by atoms with Gasteiger partial charge in [0.15, 0.2) is 0 Å². The largest absolute Gasteiger partial charge is 0.369 e. The molecule has 1 saturated heterocycles. The second-order valence-corrected chi connectivity index (χ2v) is 7.27. The number of hydrogen-bond donors (Lipinski definition) is 2. The molecule has 0 aliphatic carbocycles. The highest BCUT2D eigenvalue weighted by molar-refractivity contribution is 5.96.